The molecule has 3 aromatic heterocycles. The number of nitrogens with one attached hydrogen (secondary N) is 2. The molecule has 41 heavy (non-hydrogen) atoms. The molecule has 0 fully saturated rings. The number of hydrogen-bond acceptors (Lipinski definition) is 7. The number of carbonyl (C=O) groups excluding carboxylic acids is 2. The molecule has 10 nitrogen and oxygen atoms in total. The molecular formula is C26H26ClF3N8O2S. The number of thioether (sulfide) groups is 1. The summed E-state index contributed by atoms with van der Waals surface area (Å²) in [4.78, 5) is 31.9. The zero-order chi connectivity index (χ0) is 29.9. The Kier molecular flexibility index (Phi) is 9.02. The van der Waals surface area contributed by atoms with E-state index in [1.807, 2.05) is 26.2 Å². The van der Waals surface area contributed by atoms with E-state index in [9.17, 15) is 22.8 Å². The monoisotopic (exact) mass is 606 g/mol. The quantitative estimate of drug-likeness (QED) is 0.277. The summed E-state index contributed by atoms with van der Waals surface area (Å²) in [6.07, 6.45) is -0.661. The summed E-state index contributed by atoms with van der Waals surface area (Å²) in [7, 11) is 0. The van der Waals surface area contributed by atoms with Crippen molar-refractivity contribution < 1.29 is 22.8 Å². The Morgan fingerprint density at radius 3 is 2.56 bits per heavy atom. The number of benzene rings is 1. The van der Waals surface area contributed by atoms with E-state index in [0.717, 1.165) is 10.4 Å². The molecule has 1 aromatic carbocycles. The number of halogens is 4. The molecule has 4 aromatic rings. The van der Waals surface area contributed by atoms with E-state index in [4.69, 9.17) is 11.6 Å². The van der Waals surface area contributed by atoms with Crippen molar-refractivity contribution in [1.82, 2.24) is 35.1 Å². The maximum atomic E-state index is 13.7. The van der Waals surface area contributed by atoms with Crippen molar-refractivity contribution in [2.45, 2.75) is 39.5 Å². The molecule has 0 aliphatic heterocycles. The summed E-state index contributed by atoms with van der Waals surface area (Å²) >= 11 is 7.93. The maximum absolute atomic E-state index is 13.7. The summed E-state index contributed by atoms with van der Waals surface area (Å²) in [6, 6.07) is 7.94. The highest BCUT2D eigenvalue weighted by Crippen LogP contribution is 2.28. The van der Waals surface area contributed by atoms with Crippen molar-refractivity contribution in [3.8, 4) is 5.82 Å². The van der Waals surface area contributed by atoms with Gasteiger partial charge in [0.25, 0.3) is 11.8 Å². The zero-order valence-electron chi connectivity index (χ0n) is 22.5. The number of aromatic nitrogens is 6. The van der Waals surface area contributed by atoms with Crippen LogP contribution in [-0.4, -0.2) is 59.6 Å². The van der Waals surface area contributed by atoms with E-state index in [1.165, 1.54) is 16.9 Å². The van der Waals surface area contributed by atoms with Crippen LogP contribution in [0.15, 0.2) is 42.7 Å². The largest absolute Gasteiger partial charge is 0.436 e. The summed E-state index contributed by atoms with van der Waals surface area (Å²) in [5, 5.41) is 17.4. The molecule has 0 aliphatic carbocycles. The van der Waals surface area contributed by atoms with Gasteiger partial charge in [0.1, 0.15) is 12.2 Å². The zero-order valence-corrected chi connectivity index (χ0v) is 24.0. The summed E-state index contributed by atoms with van der Waals surface area (Å²) in [5.41, 5.74) is 1.07. The highest BCUT2D eigenvalue weighted by molar-refractivity contribution is 7.98. The third-order valence-corrected chi connectivity index (χ3v) is 6.95. The van der Waals surface area contributed by atoms with E-state index >= 15 is 0 Å². The standard InChI is InChI=1S/C26H26ClF3N8O2S/c1-14-8-15(2)22(18(9-14)24(39)33-16(3)13-41-4)34-25(40)20-10-17(12-37-32-11-21(36-37)26(28,29)30)35-38(20)23-19(27)6-5-7-31-23/h5-11,16H,12-13H2,1-4H3,(H,33,39)(H,34,40)/t16-/m0/s1. The molecule has 0 aliphatic rings. The van der Waals surface area contributed by atoms with Crippen molar-refractivity contribution in [3.63, 3.8) is 0 Å². The molecule has 0 spiro atoms. The van der Waals surface area contributed by atoms with Gasteiger partial charge in [-0.1, -0.05) is 17.7 Å². The van der Waals surface area contributed by atoms with Gasteiger partial charge in [-0.05, 0) is 62.4 Å². The lowest BCUT2D eigenvalue weighted by atomic mass is 10.0. The molecule has 2 N–H and O–H groups in total. The number of carbonyl (C=O) groups is 2. The van der Waals surface area contributed by atoms with Crippen molar-refractivity contribution in [3.05, 3.63) is 81.5 Å². The molecular weight excluding hydrogens is 581 g/mol. The van der Waals surface area contributed by atoms with Gasteiger partial charge in [0, 0.05) is 18.0 Å². The lowest BCUT2D eigenvalue weighted by Gasteiger charge is -2.18. The fourth-order valence-electron chi connectivity index (χ4n) is 4.10. The van der Waals surface area contributed by atoms with Crippen molar-refractivity contribution in [1.29, 1.82) is 0 Å². The smallest absolute Gasteiger partial charge is 0.349 e. The minimum atomic E-state index is -4.66. The third-order valence-electron chi connectivity index (χ3n) is 5.82. The molecule has 0 unspecified atom stereocenters. The van der Waals surface area contributed by atoms with E-state index in [0.29, 0.717) is 23.2 Å². The topological polar surface area (TPSA) is 120 Å². The second-order valence-corrected chi connectivity index (χ2v) is 10.6. The Balaban J connectivity index is 1.71. The Hall–Kier alpha value is -3.91. The van der Waals surface area contributed by atoms with Crippen LogP contribution in [0.1, 0.15) is 50.3 Å². The molecule has 216 valence electrons. The minimum Gasteiger partial charge on any atom is -0.349 e. The van der Waals surface area contributed by atoms with Gasteiger partial charge in [-0.2, -0.15) is 39.9 Å². The maximum Gasteiger partial charge on any atom is 0.436 e. The second-order valence-electron chi connectivity index (χ2n) is 9.29. The average molecular weight is 607 g/mol. The van der Waals surface area contributed by atoms with Crippen LogP contribution < -0.4 is 10.6 Å². The first-order valence-electron chi connectivity index (χ1n) is 12.3. The molecule has 0 radical (unpaired) electrons. The number of pyridine rings is 1. The van der Waals surface area contributed by atoms with E-state index < -0.39 is 17.8 Å². The Bertz CT molecular complexity index is 1590. The van der Waals surface area contributed by atoms with Crippen LogP contribution in [0.2, 0.25) is 5.02 Å². The summed E-state index contributed by atoms with van der Waals surface area (Å²) in [6.45, 7) is 5.24. The number of amides is 2. The first kappa shape index (κ1) is 30.1. The fourth-order valence-corrected chi connectivity index (χ4v) is 4.88. The number of alkyl halides is 3. The van der Waals surface area contributed by atoms with Gasteiger partial charge >= 0.3 is 6.18 Å². The van der Waals surface area contributed by atoms with Gasteiger partial charge in [-0.3, -0.25) is 9.59 Å². The minimum absolute atomic E-state index is 0.0223. The molecule has 2 amide bonds. The van der Waals surface area contributed by atoms with Gasteiger partial charge in [-0.25, -0.2) is 9.67 Å². The van der Waals surface area contributed by atoms with Gasteiger partial charge < -0.3 is 10.6 Å². The van der Waals surface area contributed by atoms with E-state index in [-0.39, 0.29) is 46.3 Å². The molecule has 0 bridgehead atoms. The van der Waals surface area contributed by atoms with Crippen LogP contribution in [-0.2, 0) is 12.7 Å². The summed E-state index contributed by atoms with van der Waals surface area (Å²) < 4.78 is 40.2. The van der Waals surface area contributed by atoms with Crippen LogP contribution in [0.25, 0.3) is 5.82 Å². The predicted molar refractivity (Wildman–Crippen MR) is 150 cm³/mol. The second kappa shape index (κ2) is 12.3. The van der Waals surface area contributed by atoms with E-state index in [1.54, 1.807) is 36.9 Å². The first-order valence-corrected chi connectivity index (χ1v) is 14.0. The number of anilines is 1. The van der Waals surface area contributed by atoms with Crippen LogP contribution in [0.3, 0.4) is 0 Å². The molecule has 1 atom stereocenters. The SMILES string of the molecule is CSC[C@H](C)NC(=O)c1cc(C)cc(C)c1NC(=O)c1cc(Cn2ncc(C(F)(F)F)n2)nn1-c1ncccc1Cl. The molecule has 0 saturated carbocycles. The third kappa shape index (κ3) is 7.06. The van der Waals surface area contributed by atoms with Crippen molar-refractivity contribution in [2.75, 3.05) is 17.3 Å². The van der Waals surface area contributed by atoms with Crippen molar-refractivity contribution in [2.24, 2.45) is 0 Å². The summed E-state index contributed by atoms with van der Waals surface area (Å²) in [5.74, 6) is -0.158. The van der Waals surface area contributed by atoms with Crippen LogP contribution in [0, 0.1) is 13.8 Å². The predicted octanol–water partition coefficient (Wildman–Crippen LogP) is 4.93. The highest BCUT2D eigenvalue weighted by atomic mass is 35.5. The first-order chi connectivity index (χ1) is 19.4. The van der Waals surface area contributed by atoms with Gasteiger partial charge in [0.15, 0.2) is 11.5 Å². The number of aryl methyl sites for hydroxylation is 2. The van der Waals surface area contributed by atoms with E-state index in [2.05, 4.69) is 30.9 Å². The van der Waals surface area contributed by atoms with Crippen LogP contribution in [0.4, 0.5) is 18.9 Å². The molecule has 0 saturated heterocycles. The fraction of sp³-hybridized carbons (Fsp3) is 0.308. The average Bonchev–Trinajstić information content (AvgIpc) is 3.53. The molecule has 4 rings (SSSR count). The highest BCUT2D eigenvalue weighted by Gasteiger charge is 2.34. The van der Waals surface area contributed by atoms with Gasteiger partial charge in [0.2, 0.25) is 0 Å². The Morgan fingerprint density at radius 2 is 1.90 bits per heavy atom. The Labute approximate surface area is 242 Å². The number of hydrogen-bond donors (Lipinski definition) is 2. The van der Waals surface area contributed by atoms with Crippen LogP contribution in [0.5, 0.6) is 0 Å². The Morgan fingerprint density at radius 1 is 1.15 bits per heavy atom. The van der Waals surface area contributed by atoms with Gasteiger partial charge in [0.05, 0.1) is 28.2 Å². The van der Waals surface area contributed by atoms with Gasteiger partial charge in [-0.15, -0.1) is 5.10 Å². The molecule has 15 heteroatoms. The van der Waals surface area contributed by atoms with Crippen LogP contribution >= 0.6 is 23.4 Å². The molecule has 3 heterocycles. The number of rotatable bonds is 9. The lowest BCUT2D eigenvalue weighted by Crippen LogP contribution is -2.35. The number of nitrogens with zero attached hydrogens (tertiary/aromatic N) is 6. The normalized spacial score (nSPS) is 12.3. The lowest BCUT2D eigenvalue weighted by molar-refractivity contribution is -0.141. The van der Waals surface area contributed by atoms with Crippen molar-refractivity contribution >= 4 is 40.9 Å².